The Morgan fingerprint density at radius 1 is 1.05 bits per heavy atom. The van der Waals surface area contributed by atoms with Crippen LogP contribution in [0.2, 0.25) is 0 Å². The summed E-state index contributed by atoms with van der Waals surface area (Å²) in [6, 6.07) is 0. The first-order valence-electron chi connectivity index (χ1n) is 7.43. The second kappa shape index (κ2) is 8.87. The molecule has 1 heterocycles. The molecule has 0 aromatic carbocycles. The predicted molar refractivity (Wildman–Crippen MR) is 78.3 cm³/mol. The van der Waals surface area contributed by atoms with Crippen molar-refractivity contribution >= 4 is 0 Å². The van der Waals surface area contributed by atoms with Crippen LogP contribution in [0.15, 0.2) is 0 Å². The molecule has 0 aromatic heterocycles. The molecule has 1 fully saturated rings. The van der Waals surface area contributed by atoms with Crippen LogP contribution in [-0.2, 0) is 4.74 Å². The van der Waals surface area contributed by atoms with Crippen LogP contribution in [0.1, 0.15) is 26.7 Å². The largest absolute Gasteiger partial charge is 0.395 e. The molecule has 1 saturated heterocycles. The Balaban J connectivity index is 1.94. The molecule has 1 aliphatic heterocycles. The molecule has 0 spiro atoms. The third-order valence-corrected chi connectivity index (χ3v) is 3.54. The summed E-state index contributed by atoms with van der Waals surface area (Å²) in [6.45, 7) is 12.1. The van der Waals surface area contributed by atoms with Gasteiger partial charge in [0.2, 0.25) is 0 Å². The normalized spacial score (nSPS) is 18.9. The van der Waals surface area contributed by atoms with Crippen molar-refractivity contribution in [3.8, 4) is 0 Å². The molecule has 5 nitrogen and oxygen atoms in total. The van der Waals surface area contributed by atoms with Gasteiger partial charge in [-0.05, 0) is 26.7 Å². The summed E-state index contributed by atoms with van der Waals surface area (Å²) in [5.74, 6) is 0. The minimum Gasteiger partial charge on any atom is -0.395 e. The number of piperazine rings is 1. The lowest BCUT2D eigenvalue weighted by atomic mass is 10.0. The van der Waals surface area contributed by atoms with Crippen molar-refractivity contribution in [2.45, 2.75) is 32.2 Å². The van der Waals surface area contributed by atoms with E-state index in [1.165, 1.54) is 0 Å². The first-order chi connectivity index (χ1) is 9.01. The molecule has 19 heavy (non-hydrogen) atoms. The summed E-state index contributed by atoms with van der Waals surface area (Å²) in [4.78, 5) is 4.74. The first kappa shape index (κ1) is 16.9. The average molecular weight is 273 g/mol. The van der Waals surface area contributed by atoms with Crippen molar-refractivity contribution in [2.24, 2.45) is 5.73 Å². The molecule has 3 N–H and O–H groups in total. The van der Waals surface area contributed by atoms with E-state index in [0.29, 0.717) is 0 Å². The minimum absolute atomic E-state index is 0.0770. The zero-order valence-corrected chi connectivity index (χ0v) is 12.6. The van der Waals surface area contributed by atoms with Crippen LogP contribution in [0, 0.1) is 0 Å². The minimum atomic E-state index is -0.0770. The molecule has 0 atom stereocenters. The number of ether oxygens (including phenoxy) is 1. The molecule has 1 aliphatic rings. The SMILES string of the molecule is CC(C)(N)CCCOCCN1CCN(CCO)CC1. The Labute approximate surface area is 117 Å². The standard InChI is InChI=1S/C14H31N3O2/c1-14(2,15)4-3-12-19-13-10-17-7-5-16(6-8-17)9-11-18/h18H,3-13,15H2,1-2H3. The molecule has 114 valence electrons. The molecule has 0 saturated carbocycles. The van der Waals surface area contributed by atoms with Crippen LogP contribution < -0.4 is 5.73 Å². The van der Waals surface area contributed by atoms with Crippen LogP contribution in [0.5, 0.6) is 0 Å². The zero-order valence-electron chi connectivity index (χ0n) is 12.6. The molecular weight excluding hydrogens is 242 g/mol. The maximum absolute atomic E-state index is 8.88. The number of hydrogen-bond donors (Lipinski definition) is 2. The summed E-state index contributed by atoms with van der Waals surface area (Å²) in [7, 11) is 0. The van der Waals surface area contributed by atoms with E-state index in [4.69, 9.17) is 15.6 Å². The summed E-state index contributed by atoms with van der Waals surface area (Å²) in [5.41, 5.74) is 5.84. The fraction of sp³-hybridized carbons (Fsp3) is 1.00. The first-order valence-corrected chi connectivity index (χ1v) is 7.43. The fourth-order valence-electron chi connectivity index (χ4n) is 2.30. The number of rotatable bonds is 9. The average Bonchev–Trinajstić information content (AvgIpc) is 2.35. The van der Waals surface area contributed by atoms with Gasteiger partial charge in [-0.25, -0.2) is 0 Å². The van der Waals surface area contributed by atoms with Crippen LogP contribution in [-0.4, -0.2) is 79.5 Å². The summed E-state index contributed by atoms with van der Waals surface area (Å²) >= 11 is 0. The predicted octanol–water partition coefficient (Wildman–Crippen LogP) is 0.130. The Bertz CT molecular complexity index is 223. The van der Waals surface area contributed by atoms with Crippen molar-refractivity contribution in [3.63, 3.8) is 0 Å². The van der Waals surface area contributed by atoms with Gasteiger partial charge in [0.05, 0.1) is 13.2 Å². The van der Waals surface area contributed by atoms with E-state index in [2.05, 4.69) is 23.6 Å². The second-order valence-electron chi connectivity index (χ2n) is 6.11. The molecular formula is C14H31N3O2. The van der Waals surface area contributed by atoms with Gasteiger partial charge in [-0.2, -0.15) is 0 Å². The maximum Gasteiger partial charge on any atom is 0.0593 e. The van der Waals surface area contributed by atoms with Gasteiger partial charge in [-0.15, -0.1) is 0 Å². The van der Waals surface area contributed by atoms with Crippen LogP contribution in [0.25, 0.3) is 0 Å². The van der Waals surface area contributed by atoms with E-state index in [0.717, 1.165) is 65.3 Å². The topological polar surface area (TPSA) is 62.0 Å². The lowest BCUT2D eigenvalue weighted by molar-refractivity contribution is 0.0676. The molecule has 5 heteroatoms. The highest BCUT2D eigenvalue weighted by Gasteiger charge is 2.15. The molecule has 0 radical (unpaired) electrons. The number of nitrogens with zero attached hydrogens (tertiary/aromatic N) is 2. The zero-order chi connectivity index (χ0) is 14.1. The van der Waals surface area contributed by atoms with E-state index in [9.17, 15) is 0 Å². The number of hydrogen-bond acceptors (Lipinski definition) is 5. The van der Waals surface area contributed by atoms with Crippen molar-refractivity contribution in [3.05, 3.63) is 0 Å². The van der Waals surface area contributed by atoms with Crippen LogP contribution in [0.3, 0.4) is 0 Å². The quantitative estimate of drug-likeness (QED) is 0.585. The third-order valence-electron chi connectivity index (χ3n) is 3.54. The monoisotopic (exact) mass is 273 g/mol. The number of nitrogens with two attached hydrogens (primary N) is 1. The highest BCUT2D eigenvalue weighted by molar-refractivity contribution is 4.72. The van der Waals surface area contributed by atoms with Gasteiger partial charge < -0.3 is 15.6 Å². The van der Waals surface area contributed by atoms with Crippen molar-refractivity contribution < 1.29 is 9.84 Å². The van der Waals surface area contributed by atoms with E-state index in [1.807, 2.05) is 0 Å². The lowest BCUT2D eigenvalue weighted by Gasteiger charge is -2.34. The maximum atomic E-state index is 8.88. The highest BCUT2D eigenvalue weighted by atomic mass is 16.5. The van der Waals surface area contributed by atoms with Crippen molar-refractivity contribution in [1.82, 2.24) is 9.80 Å². The molecule has 0 amide bonds. The smallest absolute Gasteiger partial charge is 0.0593 e. The van der Waals surface area contributed by atoms with Gasteiger partial charge >= 0.3 is 0 Å². The number of aliphatic hydroxyl groups excluding tert-OH is 1. The summed E-state index contributed by atoms with van der Waals surface area (Å²) < 4.78 is 5.66. The molecule has 0 aromatic rings. The Morgan fingerprint density at radius 3 is 2.16 bits per heavy atom. The van der Waals surface area contributed by atoms with E-state index < -0.39 is 0 Å². The number of β-amino-alcohol motifs (C(OH)–C–C–N with tert-alkyl or cyclic N) is 1. The Morgan fingerprint density at radius 2 is 1.63 bits per heavy atom. The third kappa shape index (κ3) is 8.55. The van der Waals surface area contributed by atoms with Crippen LogP contribution >= 0.6 is 0 Å². The summed E-state index contributed by atoms with van der Waals surface area (Å²) in [5, 5.41) is 8.88. The van der Waals surface area contributed by atoms with Gasteiger partial charge in [-0.3, -0.25) is 9.80 Å². The van der Waals surface area contributed by atoms with Crippen molar-refractivity contribution in [2.75, 3.05) is 59.1 Å². The van der Waals surface area contributed by atoms with Gasteiger partial charge in [0.15, 0.2) is 0 Å². The van der Waals surface area contributed by atoms with Gasteiger partial charge in [0.25, 0.3) is 0 Å². The second-order valence-corrected chi connectivity index (χ2v) is 6.11. The molecule has 0 unspecified atom stereocenters. The fourth-order valence-corrected chi connectivity index (χ4v) is 2.30. The van der Waals surface area contributed by atoms with E-state index in [-0.39, 0.29) is 12.1 Å². The number of aliphatic hydroxyl groups is 1. The van der Waals surface area contributed by atoms with E-state index >= 15 is 0 Å². The van der Waals surface area contributed by atoms with Crippen molar-refractivity contribution in [1.29, 1.82) is 0 Å². The molecule has 0 bridgehead atoms. The Hall–Kier alpha value is -0.200. The van der Waals surface area contributed by atoms with Gasteiger partial charge in [-0.1, -0.05) is 0 Å². The van der Waals surface area contributed by atoms with Gasteiger partial charge in [0.1, 0.15) is 0 Å². The molecule has 0 aliphatic carbocycles. The summed E-state index contributed by atoms with van der Waals surface area (Å²) in [6.07, 6.45) is 2.04. The van der Waals surface area contributed by atoms with Crippen LogP contribution in [0.4, 0.5) is 0 Å². The molecule has 1 rings (SSSR count). The van der Waals surface area contributed by atoms with Gasteiger partial charge in [0, 0.05) is 51.4 Å². The van der Waals surface area contributed by atoms with E-state index in [1.54, 1.807) is 0 Å². The highest BCUT2D eigenvalue weighted by Crippen LogP contribution is 2.06. The lowest BCUT2D eigenvalue weighted by Crippen LogP contribution is -2.47. The Kier molecular flexibility index (Phi) is 7.87.